The summed E-state index contributed by atoms with van der Waals surface area (Å²) in [6, 6.07) is 0. The van der Waals surface area contributed by atoms with Crippen LogP contribution in [0, 0.1) is 20.8 Å². The zero-order chi connectivity index (χ0) is 19.5. The lowest BCUT2D eigenvalue weighted by molar-refractivity contribution is 0.0558. The summed E-state index contributed by atoms with van der Waals surface area (Å²) in [5.41, 5.74) is 6.95. The molecule has 0 amide bonds. The summed E-state index contributed by atoms with van der Waals surface area (Å²) in [6.07, 6.45) is 11.0. The van der Waals surface area contributed by atoms with Gasteiger partial charge in [0, 0.05) is 5.56 Å². The van der Waals surface area contributed by atoms with Gasteiger partial charge >= 0.3 is 0 Å². The Morgan fingerprint density at radius 1 is 1.04 bits per heavy atom. The van der Waals surface area contributed by atoms with Crippen LogP contribution < -0.4 is 4.74 Å². The molecule has 1 aromatic carbocycles. The number of phenolic OH excluding ortho intramolecular Hbond substituents is 1. The Labute approximate surface area is 160 Å². The van der Waals surface area contributed by atoms with Gasteiger partial charge in [-0.3, -0.25) is 0 Å². The Morgan fingerprint density at radius 2 is 1.73 bits per heavy atom. The van der Waals surface area contributed by atoms with E-state index in [2.05, 4.69) is 46.8 Å². The first kappa shape index (κ1) is 20.6. The molecule has 1 atom stereocenters. The summed E-state index contributed by atoms with van der Waals surface area (Å²) >= 11 is 0. The van der Waals surface area contributed by atoms with E-state index < -0.39 is 0 Å². The lowest BCUT2D eigenvalue weighted by Crippen LogP contribution is -2.37. The second kappa shape index (κ2) is 8.33. The first-order chi connectivity index (χ1) is 12.1. The van der Waals surface area contributed by atoms with Crippen LogP contribution in [0.15, 0.2) is 23.3 Å². The van der Waals surface area contributed by atoms with Gasteiger partial charge in [-0.05, 0) is 104 Å². The highest BCUT2D eigenvalue weighted by atomic mass is 16.5. The molecule has 144 valence electrons. The second-order valence-corrected chi connectivity index (χ2v) is 8.49. The Morgan fingerprint density at radius 3 is 2.38 bits per heavy atom. The fourth-order valence-corrected chi connectivity index (χ4v) is 3.79. The van der Waals surface area contributed by atoms with Gasteiger partial charge in [0.2, 0.25) is 0 Å². The average Bonchev–Trinajstić information content (AvgIpc) is 2.57. The maximum Gasteiger partial charge on any atom is 0.127 e. The van der Waals surface area contributed by atoms with Crippen LogP contribution in [0.1, 0.15) is 82.1 Å². The minimum absolute atomic E-state index is 0.121. The van der Waals surface area contributed by atoms with Crippen LogP contribution in [-0.4, -0.2) is 10.7 Å². The third-order valence-corrected chi connectivity index (χ3v) is 5.85. The zero-order valence-corrected chi connectivity index (χ0v) is 17.8. The van der Waals surface area contributed by atoms with Gasteiger partial charge in [0.1, 0.15) is 17.1 Å². The summed E-state index contributed by atoms with van der Waals surface area (Å²) in [5.74, 6) is 1.44. The van der Waals surface area contributed by atoms with Crippen molar-refractivity contribution in [2.75, 3.05) is 0 Å². The summed E-state index contributed by atoms with van der Waals surface area (Å²) in [5, 5.41) is 10.3. The molecule has 1 aromatic rings. The van der Waals surface area contributed by atoms with Crippen molar-refractivity contribution >= 4 is 0 Å². The molecule has 0 radical (unpaired) electrons. The molecule has 1 N–H and O–H groups in total. The maximum atomic E-state index is 10.3. The molecule has 0 aromatic heterocycles. The van der Waals surface area contributed by atoms with Gasteiger partial charge < -0.3 is 9.84 Å². The van der Waals surface area contributed by atoms with Crippen LogP contribution in [0.4, 0.5) is 0 Å². The van der Waals surface area contributed by atoms with E-state index in [-0.39, 0.29) is 5.60 Å². The lowest BCUT2D eigenvalue weighted by atomic mass is 9.85. The van der Waals surface area contributed by atoms with Gasteiger partial charge in [-0.2, -0.15) is 0 Å². The molecule has 0 aliphatic carbocycles. The predicted octanol–water partition coefficient (Wildman–Crippen LogP) is 6.87. The molecule has 1 heterocycles. The third-order valence-electron chi connectivity index (χ3n) is 5.85. The Kier molecular flexibility index (Phi) is 6.60. The van der Waals surface area contributed by atoms with Gasteiger partial charge in [-0.1, -0.05) is 23.3 Å². The Bertz CT molecular complexity index is 720. The van der Waals surface area contributed by atoms with Crippen LogP contribution in [0.3, 0.4) is 0 Å². The fraction of sp³-hybridized carbons (Fsp3) is 0.583. The van der Waals surface area contributed by atoms with E-state index in [4.69, 9.17) is 4.74 Å². The van der Waals surface area contributed by atoms with Crippen LogP contribution in [0.25, 0.3) is 0 Å². The van der Waals surface area contributed by atoms with Crippen LogP contribution >= 0.6 is 0 Å². The van der Waals surface area contributed by atoms with E-state index in [0.717, 1.165) is 61.0 Å². The van der Waals surface area contributed by atoms with Gasteiger partial charge in [0.25, 0.3) is 0 Å². The monoisotopic (exact) mass is 356 g/mol. The SMILES string of the molecule is CC(C)=CCC/C(C)=C/CC[C@]1(C)CCc2c(C)c(O)c(C)c(C)c2O1. The topological polar surface area (TPSA) is 29.5 Å². The minimum Gasteiger partial charge on any atom is -0.507 e. The van der Waals surface area contributed by atoms with Crippen molar-refractivity contribution in [3.8, 4) is 11.5 Å². The summed E-state index contributed by atoms with van der Waals surface area (Å²) in [4.78, 5) is 0. The molecule has 2 nitrogen and oxygen atoms in total. The van der Waals surface area contributed by atoms with Gasteiger partial charge in [-0.25, -0.2) is 0 Å². The third kappa shape index (κ3) is 4.72. The maximum absolute atomic E-state index is 10.3. The number of rotatable bonds is 6. The van der Waals surface area contributed by atoms with E-state index >= 15 is 0 Å². The Balaban J connectivity index is 2.04. The van der Waals surface area contributed by atoms with E-state index in [9.17, 15) is 5.11 Å². The van der Waals surface area contributed by atoms with Crippen molar-refractivity contribution in [3.05, 3.63) is 45.6 Å². The fourth-order valence-electron chi connectivity index (χ4n) is 3.79. The minimum atomic E-state index is -0.121. The molecule has 0 saturated carbocycles. The van der Waals surface area contributed by atoms with Crippen LogP contribution in [0.5, 0.6) is 11.5 Å². The molecule has 0 unspecified atom stereocenters. The number of allylic oxidation sites excluding steroid dienone is 4. The molecule has 0 bridgehead atoms. The van der Waals surface area contributed by atoms with Crippen molar-refractivity contribution in [1.29, 1.82) is 0 Å². The quantitative estimate of drug-likeness (QED) is 0.563. The number of ether oxygens (including phenoxy) is 1. The number of aromatic hydroxyl groups is 1. The summed E-state index contributed by atoms with van der Waals surface area (Å²) in [6.45, 7) is 14.8. The largest absolute Gasteiger partial charge is 0.507 e. The van der Waals surface area contributed by atoms with Crippen molar-refractivity contribution in [2.45, 2.75) is 92.6 Å². The number of fused-ring (bicyclic) bond motifs is 1. The van der Waals surface area contributed by atoms with Crippen LogP contribution in [-0.2, 0) is 6.42 Å². The highest BCUT2D eigenvalue weighted by molar-refractivity contribution is 5.58. The van der Waals surface area contributed by atoms with Crippen molar-refractivity contribution < 1.29 is 9.84 Å². The van der Waals surface area contributed by atoms with Crippen LogP contribution in [0.2, 0.25) is 0 Å². The average molecular weight is 357 g/mol. The van der Waals surface area contributed by atoms with Crippen molar-refractivity contribution in [2.24, 2.45) is 0 Å². The molecule has 2 rings (SSSR count). The van der Waals surface area contributed by atoms with Gasteiger partial charge in [0.05, 0.1) is 0 Å². The summed E-state index contributed by atoms with van der Waals surface area (Å²) in [7, 11) is 0. The lowest BCUT2D eigenvalue weighted by Gasteiger charge is -2.38. The number of benzene rings is 1. The predicted molar refractivity (Wildman–Crippen MR) is 111 cm³/mol. The molecule has 1 aliphatic rings. The highest BCUT2D eigenvalue weighted by Gasteiger charge is 2.33. The normalized spacial score (nSPS) is 19.7. The number of hydrogen-bond donors (Lipinski definition) is 1. The summed E-state index contributed by atoms with van der Waals surface area (Å²) < 4.78 is 6.51. The van der Waals surface area contributed by atoms with Crippen molar-refractivity contribution in [1.82, 2.24) is 0 Å². The smallest absolute Gasteiger partial charge is 0.127 e. The molecular formula is C24H36O2. The number of phenols is 1. The molecule has 26 heavy (non-hydrogen) atoms. The zero-order valence-electron chi connectivity index (χ0n) is 17.8. The molecular weight excluding hydrogens is 320 g/mol. The highest BCUT2D eigenvalue weighted by Crippen LogP contribution is 2.44. The molecule has 0 spiro atoms. The molecule has 0 fully saturated rings. The van der Waals surface area contributed by atoms with Gasteiger partial charge in [-0.15, -0.1) is 0 Å². The van der Waals surface area contributed by atoms with E-state index in [1.165, 1.54) is 16.7 Å². The number of hydrogen-bond acceptors (Lipinski definition) is 2. The molecule has 0 saturated heterocycles. The molecule has 2 heteroatoms. The Hall–Kier alpha value is -1.70. The van der Waals surface area contributed by atoms with Crippen molar-refractivity contribution in [3.63, 3.8) is 0 Å². The first-order valence-electron chi connectivity index (χ1n) is 9.94. The molecule has 1 aliphatic heterocycles. The van der Waals surface area contributed by atoms with E-state index in [0.29, 0.717) is 5.75 Å². The second-order valence-electron chi connectivity index (χ2n) is 8.49. The first-order valence-corrected chi connectivity index (χ1v) is 9.94. The standard InChI is InChI=1S/C24H36O2/c1-16(2)10-8-11-17(3)12-9-14-24(7)15-13-21-20(6)22(25)18(4)19(5)23(21)26-24/h10,12,25H,8-9,11,13-15H2,1-7H3/b17-12+/t24-/m1/s1. The van der Waals surface area contributed by atoms with E-state index in [1.54, 1.807) is 0 Å². The van der Waals surface area contributed by atoms with Gasteiger partial charge in [0.15, 0.2) is 0 Å². The van der Waals surface area contributed by atoms with E-state index in [1.807, 2.05) is 13.8 Å².